The Kier molecular flexibility index (Phi) is 6.58. The zero-order chi connectivity index (χ0) is 23.5. The number of imidazole rings is 1. The molecule has 9 heteroatoms. The lowest BCUT2D eigenvalue weighted by Gasteiger charge is -2.22. The molecule has 1 aliphatic rings. The van der Waals surface area contributed by atoms with Gasteiger partial charge in [-0.15, -0.1) is 10.2 Å². The summed E-state index contributed by atoms with van der Waals surface area (Å²) in [5.74, 6) is 0.536. The molecule has 0 atom stereocenters. The van der Waals surface area contributed by atoms with Crippen molar-refractivity contribution in [3.05, 3.63) is 69.6 Å². The maximum atomic E-state index is 13.4. The molecule has 1 N–H and O–H groups in total. The average molecular weight is 478 g/mol. The first kappa shape index (κ1) is 22.5. The summed E-state index contributed by atoms with van der Waals surface area (Å²) < 4.78 is 3.65. The number of nitrogens with zero attached hydrogens (tertiary/aromatic N) is 6. The minimum atomic E-state index is -0.0197. The van der Waals surface area contributed by atoms with Crippen molar-refractivity contribution in [2.45, 2.75) is 64.5 Å². The Labute approximate surface area is 203 Å². The molecular formula is C25H28ClN7O. The van der Waals surface area contributed by atoms with Gasteiger partial charge in [0.25, 0.3) is 0 Å². The van der Waals surface area contributed by atoms with E-state index in [2.05, 4.69) is 27.5 Å². The minimum Gasteiger partial charge on any atom is -0.289 e. The molecule has 1 aliphatic carbocycles. The Balaban J connectivity index is 1.46. The average Bonchev–Trinajstić information content (AvgIpc) is 3.49. The highest BCUT2D eigenvalue weighted by molar-refractivity contribution is 6.30. The van der Waals surface area contributed by atoms with E-state index >= 15 is 0 Å². The lowest BCUT2D eigenvalue weighted by molar-refractivity contribution is 0.344. The molecule has 0 aliphatic heterocycles. The minimum absolute atomic E-state index is 0.0197. The van der Waals surface area contributed by atoms with Crippen molar-refractivity contribution in [2.24, 2.45) is 0 Å². The first-order chi connectivity index (χ1) is 16.7. The van der Waals surface area contributed by atoms with Gasteiger partial charge in [0.15, 0.2) is 0 Å². The molecule has 3 aromatic heterocycles. The predicted octanol–water partition coefficient (Wildman–Crippen LogP) is 5.05. The van der Waals surface area contributed by atoms with Crippen molar-refractivity contribution >= 4 is 11.6 Å². The van der Waals surface area contributed by atoms with E-state index < -0.39 is 0 Å². The third kappa shape index (κ3) is 4.30. The number of hydrogen-bond acceptors (Lipinski definition) is 5. The van der Waals surface area contributed by atoms with E-state index in [1.165, 1.54) is 6.42 Å². The third-order valence-electron chi connectivity index (χ3n) is 6.61. The molecule has 0 radical (unpaired) electrons. The fourth-order valence-electron chi connectivity index (χ4n) is 4.92. The van der Waals surface area contributed by atoms with Crippen LogP contribution in [0.5, 0.6) is 0 Å². The Bertz CT molecular complexity index is 1300. The Hall–Kier alpha value is -3.26. The van der Waals surface area contributed by atoms with Crippen molar-refractivity contribution in [3.8, 4) is 22.5 Å². The molecule has 0 bridgehead atoms. The molecule has 176 valence electrons. The van der Waals surface area contributed by atoms with Gasteiger partial charge in [-0.25, -0.2) is 4.79 Å². The summed E-state index contributed by atoms with van der Waals surface area (Å²) in [7, 11) is 0. The van der Waals surface area contributed by atoms with E-state index in [9.17, 15) is 4.79 Å². The summed E-state index contributed by atoms with van der Waals surface area (Å²) in [6, 6.07) is 12.1. The van der Waals surface area contributed by atoms with E-state index in [4.69, 9.17) is 16.6 Å². The molecule has 4 aromatic rings. The number of hydrogen-bond donors (Lipinski definition) is 1. The van der Waals surface area contributed by atoms with Crippen LogP contribution in [0.2, 0.25) is 5.15 Å². The number of pyridine rings is 1. The second-order valence-corrected chi connectivity index (χ2v) is 9.20. The lowest BCUT2D eigenvalue weighted by Crippen LogP contribution is -2.29. The van der Waals surface area contributed by atoms with Crippen molar-refractivity contribution < 1.29 is 0 Å². The molecular weight excluding hydrogens is 450 g/mol. The quantitative estimate of drug-likeness (QED) is 0.402. The maximum Gasteiger partial charge on any atom is 0.330 e. The largest absolute Gasteiger partial charge is 0.330 e. The van der Waals surface area contributed by atoms with Gasteiger partial charge in [0.05, 0.1) is 17.9 Å². The van der Waals surface area contributed by atoms with E-state index in [1.807, 2.05) is 51.7 Å². The molecule has 34 heavy (non-hydrogen) atoms. The number of H-pyrrole nitrogens is 1. The second kappa shape index (κ2) is 9.93. The summed E-state index contributed by atoms with van der Waals surface area (Å²) in [6.45, 7) is 2.51. The first-order valence-electron chi connectivity index (χ1n) is 11.9. The van der Waals surface area contributed by atoms with Gasteiger partial charge in [0.1, 0.15) is 5.15 Å². The van der Waals surface area contributed by atoms with Gasteiger partial charge >= 0.3 is 5.69 Å². The highest BCUT2D eigenvalue weighted by Crippen LogP contribution is 2.32. The van der Waals surface area contributed by atoms with Crippen LogP contribution in [0, 0.1) is 0 Å². The number of tetrazole rings is 1. The van der Waals surface area contributed by atoms with Crippen molar-refractivity contribution in [1.29, 1.82) is 0 Å². The first-order valence-corrected chi connectivity index (χ1v) is 12.3. The number of benzene rings is 1. The van der Waals surface area contributed by atoms with E-state index in [0.717, 1.165) is 66.6 Å². The molecule has 5 rings (SSSR count). The molecule has 1 saturated carbocycles. The van der Waals surface area contributed by atoms with Gasteiger partial charge in [-0.1, -0.05) is 74.5 Å². The second-order valence-electron chi connectivity index (χ2n) is 8.84. The van der Waals surface area contributed by atoms with Crippen LogP contribution < -0.4 is 5.69 Å². The zero-order valence-corrected chi connectivity index (χ0v) is 20.0. The fraction of sp³-hybridized carbons (Fsp3) is 0.400. The Morgan fingerprint density at radius 2 is 1.88 bits per heavy atom. The van der Waals surface area contributed by atoms with Crippen LogP contribution in [0.3, 0.4) is 0 Å². The molecule has 1 aromatic carbocycles. The van der Waals surface area contributed by atoms with Gasteiger partial charge in [0.2, 0.25) is 5.82 Å². The van der Waals surface area contributed by atoms with Crippen molar-refractivity contribution in [1.82, 2.24) is 34.7 Å². The molecule has 0 saturated heterocycles. The normalized spacial score (nSPS) is 14.5. The zero-order valence-electron chi connectivity index (χ0n) is 19.2. The smallest absolute Gasteiger partial charge is 0.289 e. The van der Waals surface area contributed by atoms with E-state index in [1.54, 1.807) is 0 Å². The monoisotopic (exact) mass is 477 g/mol. The summed E-state index contributed by atoms with van der Waals surface area (Å²) >= 11 is 6.79. The topological polar surface area (TPSA) is 94.3 Å². The summed E-state index contributed by atoms with van der Waals surface area (Å²) in [6.07, 6.45) is 9.09. The van der Waals surface area contributed by atoms with Gasteiger partial charge in [-0.2, -0.15) is 5.21 Å². The van der Waals surface area contributed by atoms with Gasteiger partial charge in [-0.05, 0) is 36.1 Å². The maximum absolute atomic E-state index is 13.4. The number of aromatic nitrogens is 7. The third-order valence-corrected chi connectivity index (χ3v) is 7.01. The van der Waals surface area contributed by atoms with Crippen molar-refractivity contribution in [2.75, 3.05) is 0 Å². The highest BCUT2D eigenvalue weighted by Gasteiger charge is 2.25. The molecule has 0 amide bonds. The van der Waals surface area contributed by atoms with Crippen LogP contribution in [0.4, 0.5) is 0 Å². The number of nitrogens with one attached hydrogen (secondary N) is 1. The number of rotatable bonds is 7. The summed E-state index contributed by atoms with van der Waals surface area (Å²) in [5, 5.41) is 15.0. The number of halogens is 1. The molecule has 8 nitrogen and oxygen atoms in total. The summed E-state index contributed by atoms with van der Waals surface area (Å²) in [4.78, 5) is 18.1. The number of aromatic amines is 1. The molecule has 3 heterocycles. The van der Waals surface area contributed by atoms with Crippen molar-refractivity contribution in [3.63, 3.8) is 0 Å². The van der Waals surface area contributed by atoms with Crippen LogP contribution in [-0.2, 0) is 13.0 Å². The molecule has 0 unspecified atom stereocenters. The van der Waals surface area contributed by atoms with Crippen LogP contribution in [0.1, 0.15) is 62.9 Å². The van der Waals surface area contributed by atoms with Crippen LogP contribution in [-0.4, -0.2) is 34.7 Å². The lowest BCUT2D eigenvalue weighted by atomic mass is 9.95. The van der Waals surface area contributed by atoms with Gasteiger partial charge in [0, 0.05) is 23.4 Å². The van der Waals surface area contributed by atoms with Crippen LogP contribution >= 0.6 is 11.6 Å². The predicted molar refractivity (Wildman–Crippen MR) is 132 cm³/mol. The van der Waals surface area contributed by atoms with Crippen LogP contribution in [0.25, 0.3) is 22.5 Å². The summed E-state index contributed by atoms with van der Waals surface area (Å²) in [5.41, 5.74) is 4.50. The van der Waals surface area contributed by atoms with Gasteiger partial charge in [-0.3, -0.25) is 14.1 Å². The van der Waals surface area contributed by atoms with E-state index in [0.29, 0.717) is 17.5 Å². The fourth-order valence-corrected chi connectivity index (χ4v) is 5.33. The SMILES string of the molecule is CCCc1c(Cl)n(C2CCCCC2)c(=O)n1Cc1ccc(-c2ccccc2-c2nn[nH]n2)cn1. The standard InChI is InChI=1S/C25H28ClN7O/c1-2-8-22-23(26)33(19-9-4-3-5-10-19)25(34)32(22)16-18-14-13-17(15-27-18)20-11-6-7-12-21(20)24-28-30-31-29-24/h6-7,11-15,19H,2-5,8-10,16H2,1H3,(H,28,29,30,31). The van der Waals surface area contributed by atoms with Crippen LogP contribution in [0.15, 0.2) is 47.4 Å². The Morgan fingerprint density at radius 3 is 2.56 bits per heavy atom. The van der Waals surface area contributed by atoms with E-state index in [-0.39, 0.29) is 11.7 Å². The van der Waals surface area contributed by atoms with Gasteiger partial charge < -0.3 is 0 Å². The molecule has 0 spiro atoms. The molecule has 1 fully saturated rings. The highest BCUT2D eigenvalue weighted by atomic mass is 35.5. The Morgan fingerprint density at radius 1 is 1.09 bits per heavy atom.